The molecule has 7 amide bonds. The van der Waals surface area contributed by atoms with Gasteiger partial charge in [-0.25, -0.2) is 9.78 Å². The number of carboxylic acid groups (broad SMARTS) is 2. The van der Waals surface area contributed by atoms with Crippen molar-refractivity contribution in [3.63, 3.8) is 0 Å². The molecule has 58 heavy (non-hydrogen) atoms. The molecule has 324 valence electrons. The number of primary amides is 1. The Hall–Kier alpha value is -5.29. The van der Waals surface area contributed by atoms with Crippen LogP contribution in [0.5, 0.6) is 0 Å². The fourth-order valence-corrected chi connectivity index (χ4v) is 6.53. The van der Waals surface area contributed by atoms with Crippen LogP contribution < -0.4 is 43.8 Å². The molecule has 7 atom stereocenters. The van der Waals surface area contributed by atoms with Crippen LogP contribution in [0.2, 0.25) is 0 Å². The van der Waals surface area contributed by atoms with Crippen LogP contribution in [-0.2, 0) is 49.6 Å². The normalized spacial score (nSPS) is 16.8. The van der Waals surface area contributed by atoms with Gasteiger partial charge in [-0.3, -0.25) is 38.4 Å². The van der Waals surface area contributed by atoms with Crippen molar-refractivity contribution in [3.05, 3.63) is 18.2 Å². The quantitative estimate of drug-likeness (QED) is 0.0389. The number of carboxylic acids is 2. The van der Waals surface area contributed by atoms with Crippen LogP contribution in [0.4, 0.5) is 0 Å². The van der Waals surface area contributed by atoms with Gasteiger partial charge in [0.2, 0.25) is 41.4 Å². The molecule has 23 heteroatoms. The van der Waals surface area contributed by atoms with E-state index < -0.39 is 108 Å². The lowest BCUT2D eigenvalue weighted by atomic mass is 10.0. The van der Waals surface area contributed by atoms with Gasteiger partial charge in [0, 0.05) is 37.7 Å². The van der Waals surface area contributed by atoms with Gasteiger partial charge in [0.15, 0.2) is 0 Å². The second kappa shape index (κ2) is 25.2. The molecule has 2 heterocycles. The third kappa shape index (κ3) is 16.7. The maximum atomic E-state index is 14.0. The number of carbonyl (C=O) groups excluding carboxylic acids is 7. The van der Waals surface area contributed by atoms with Crippen LogP contribution in [0.15, 0.2) is 12.5 Å². The Morgan fingerprint density at radius 1 is 0.862 bits per heavy atom. The maximum absolute atomic E-state index is 14.0. The molecule has 0 spiro atoms. The lowest BCUT2D eigenvalue weighted by Crippen LogP contribution is -2.59. The van der Waals surface area contributed by atoms with Crippen molar-refractivity contribution in [2.75, 3.05) is 25.1 Å². The number of aromatic amines is 1. The molecule has 1 aromatic rings. The molecule has 0 unspecified atom stereocenters. The fourth-order valence-electron chi connectivity index (χ4n) is 6.06. The highest BCUT2D eigenvalue weighted by molar-refractivity contribution is 7.98. The number of H-pyrrole nitrogens is 1. The Morgan fingerprint density at radius 3 is 2.09 bits per heavy atom. The number of imidazole rings is 1. The van der Waals surface area contributed by atoms with E-state index in [0.717, 1.165) is 0 Å². The van der Waals surface area contributed by atoms with Crippen molar-refractivity contribution in [1.29, 1.82) is 0 Å². The van der Waals surface area contributed by atoms with Gasteiger partial charge in [-0.05, 0) is 76.8 Å². The van der Waals surface area contributed by atoms with Gasteiger partial charge in [-0.1, -0.05) is 0 Å². The number of hydrogen-bond acceptors (Lipinski definition) is 13. The van der Waals surface area contributed by atoms with Crippen molar-refractivity contribution < 1.29 is 53.4 Å². The number of likely N-dealkylation sites (tertiary alicyclic amines) is 1. The Bertz CT molecular complexity index is 1580. The molecule has 2 rings (SSSR count). The molecule has 22 nitrogen and oxygen atoms in total. The summed E-state index contributed by atoms with van der Waals surface area (Å²) in [5, 5.41) is 31.4. The van der Waals surface area contributed by atoms with Gasteiger partial charge in [0.1, 0.15) is 36.3 Å². The molecule has 0 aliphatic carbocycles. The zero-order valence-electron chi connectivity index (χ0n) is 32.7. The number of hydrogen-bond donors (Lipinski definition) is 11. The zero-order chi connectivity index (χ0) is 43.4. The third-order valence-corrected chi connectivity index (χ3v) is 9.94. The average molecular weight is 840 g/mol. The Labute approximate surface area is 339 Å². The molecule has 1 aliphatic heterocycles. The summed E-state index contributed by atoms with van der Waals surface area (Å²) < 4.78 is 0. The number of amides is 7. The van der Waals surface area contributed by atoms with Gasteiger partial charge in [0.05, 0.1) is 12.4 Å². The number of carbonyl (C=O) groups is 9. The molecular formula is C35H57N11O11S. The lowest BCUT2D eigenvalue weighted by molar-refractivity contribution is -0.143. The van der Waals surface area contributed by atoms with Crippen LogP contribution in [0, 0.1) is 0 Å². The van der Waals surface area contributed by atoms with Crippen LogP contribution in [0.25, 0.3) is 0 Å². The molecular weight excluding hydrogens is 783 g/mol. The molecule has 1 aliphatic rings. The second-order valence-electron chi connectivity index (χ2n) is 13.9. The van der Waals surface area contributed by atoms with Crippen molar-refractivity contribution in [3.8, 4) is 0 Å². The van der Waals surface area contributed by atoms with E-state index in [9.17, 15) is 53.4 Å². The van der Waals surface area contributed by atoms with E-state index in [2.05, 4.69) is 36.6 Å². The predicted octanol–water partition coefficient (Wildman–Crippen LogP) is -3.19. The first-order chi connectivity index (χ1) is 27.5. The summed E-state index contributed by atoms with van der Waals surface area (Å²) in [6.45, 7) is 1.85. The van der Waals surface area contributed by atoms with Crippen LogP contribution in [-0.4, -0.2) is 146 Å². The highest BCUT2D eigenvalue weighted by Gasteiger charge is 2.40. The van der Waals surface area contributed by atoms with Crippen LogP contribution >= 0.6 is 11.8 Å². The molecule has 1 fully saturated rings. The highest BCUT2D eigenvalue weighted by Crippen LogP contribution is 2.21. The number of unbranched alkanes of at least 4 members (excludes halogenated alkanes) is 1. The SMILES string of the molecule is CSCC[C@H](NC(=O)[C@H](C)NC(=O)[C@@H](N)Cc1cnc[nH]1)C(=O)N1CCC[C@H]1C(=O)N[C@@H](CCC(=O)O)C(=O)N[C@@H](CCC(N)=O)C(=O)N[C@@H](CCCCN)C(=O)O. The molecule has 0 aromatic carbocycles. The fraction of sp³-hybridized carbons (Fsp3) is 0.657. The van der Waals surface area contributed by atoms with Crippen molar-refractivity contribution in [2.24, 2.45) is 17.2 Å². The number of nitrogens with zero attached hydrogens (tertiary/aromatic N) is 2. The first kappa shape index (κ1) is 48.9. The maximum Gasteiger partial charge on any atom is 0.326 e. The second-order valence-corrected chi connectivity index (χ2v) is 14.9. The minimum Gasteiger partial charge on any atom is -0.481 e. The number of aromatic nitrogens is 2. The zero-order valence-corrected chi connectivity index (χ0v) is 33.5. The first-order valence-electron chi connectivity index (χ1n) is 19.0. The summed E-state index contributed by atoms with van der Waals surface area (Å²) in [6, 6.07) is -8.69. The van der Waals surface area contributed by atoms with Crippen molar-refractivity contribution >= 4 is 65.1 Å². The van der Waals surface area contributed by atoms with Gasteiger partial charge in [-0.15, -0.1) is 0 Å². The summed E-state index contributed by atoms with van der Waals surface area (Å²) in [7, 11) is 0. The molecule has 14 N–H and O–H groups in total. The van der Waals surface area contributed by atoms with Gasteiger partial charge in [0.25, 0.3) is 0 Å². The van der Waals surface area contributed by atoms with Crippen molar-refractivity contribution in [1.82, 2.24) is 41.5 Å². The molecule has 0 bridgehead atoms. The smallest absolute Gasteiger partial charge is 0.326 e. The minimum atomic E-state index is -1.54. The van der Waals surface area contributed by atoms with Gasteiger partial charge in [-0.2, -0.15) is 11.8 Å². The average Bonchev–Trinajstić information content (AvgIpc) is 3.88. The van der Waals surface area contributed by atoms with E-state index in [1.54, 1.807) is 6.26 Å². The van der Waals surface area contributed by atoms with Crippen LogP contribution in [0.3, 0.4) is 0 Å². The van der Waals surface area contributed by atoms with E-state index in [4.69, 9.17) is 17.2 Å². The molecule has 0 radical (unpaired) electrons. The van der Waals surface area contributed by atoms with Crippen LogP contribution in [0.1, 0.15) is 76.8 Å². The summed E-state index contributed by atoms with van der Waals surface area (Å²) in [6.07, 6.45) is 4.77. The summed E-state index contributed by atoms with van der Waals surface area (Å²) in [4.78, 5) is 123. The number of aliphatic carboxylic acids is 2. The van der Waals surface area contributed by atoms with Crippen molar-refractivity contribution in [2.45, 2.75) is 120 Å². The predicted molar refractivity (Wildman–Crippen MR) is 209 cm³/mol. The van der Waals surface area contributed by atoms with Gasteiger partial charge < -0.3 is 63.9 Å². The Kier molecular flexibility index (Phi) is 21.2. The van der Waals surface area contributed by atoms with Gasteiger partial charge >= 0.3 is 11.9 Å². The molecule has 0 saturated carbocycles. The molecule has 1 aromatic heterocycles. The van der Waals surface area contributed by atoms with E-state index in [-0.39, 0.29) is 45.1 Å². The largest absolute Gasteiger partial charge is 0.481 e. The third-order valence-electron chi connectivity index (χ3n) is 9.30. The summed E-state index contributed by atoms with van der Waals surface area (Å²) in [5.74, 6) is -7.64. The standard InChI is InChI=1S/C35H57N11O11S/c1-19(41-30(51)21(37)16-20-17-39-18-40-20)29(50)44-24(12-15-58-2)34(55)46-14-5-7-26(46)33(54)43-23(9-11-28(48)49)31(52)42-22(8-10-27(38)47)32(53)45-25(35(56)57)6-3-4-13-36/h17-19,21-26H,3-16,36-37H2,1-2H3,(H2,38,47)(H,39,40)(H,41,51)(H,42,52)(H,43,54)(H,44,50)(H,45,53)(H,48,49)(H,56,57)/t19-,21-,22-,23-,24-,25-,26-/m0/s1. The van der Waals surface area contributed by atoms with E-state index in [0.29, 0.717) is 37.3 Å². The number of nitrogens with one attached hydrogen (secondary N) is 6. The van der Waals surface area contributed by atoms with E-state index in [1.807, 2.05) is 0 Å². The monoisotopic (exact) mass is 839 g/mol. The summed E-state index contributed by atoms with van der Waals surface area (Å²) >= 11 is 1.41. The number of nitrogens with two attached hydrogens (primary N) is 3. The topological polar surface area (TPSA) is 364 Å². The first-order valence-corrected chi connectivity index (χ1v) is 20.3. The Morgan fingerprint density at radius 2 is 1.50 bits per heavy atom. The Balaban J connectivity index is 2.21. The number of rotatable bonds is 27. The summed E-state index contributed by atoms with van der Waals surface area (Å²) in [5.41, 5.74) is 17.3. The van der Waals surface area contributed by atoms with E-state index in [1.165, 1.54) is 36.1 Å². The van der Waals surface area contributed by atoms with E-state index >= 15 is 0 Å². The number of thioether (sulfide) groups is 1. The molecule has 1 saturated heterocycles. The highest BCUT2D eigenvalue weighted by atomic mass is 32.2. The lowest BCUT2D eigenvalue weighted by Gasteiger charge is -2.30. The minimum absolute atomic E-state index is 0.0298.